The molecule has 3 rings (SSSR count). The smallest absolute Gasteiger partial charge is 0.308 e. The molecule has 5 heteroatoms. The number of hydrogen-bond acceptors (Lipinski definition) is 3. The fourth-order valence-corrected chi connectivity index (χ4v) is 4.00. The Labute approximate surface area is 130 Å². The first kappa shape index (κ1) is 15.4. The van der Waals surface area contributed by atoms with Crippen molar-refractivity contribution in [3.63, 3.8) is 0 Å². The summed E-state index contributed by atoms with van der Waals surface area (Å²) in [6.45, 7) is 3.90. The van der Waals surface area contributed by atoms with Crippen LogP contribution in [0.5, 0.6) is 0 Å². The lowest BCUT2D eigenvalue weighted by Gasteiger charge is -2.40. The van der Waals surface area contributed by atoms with Crippen molar-refractivity contribution < 1.29 is 14.3 Å². The number of hydrogen-bond donors (Lipinski definition) is 1. The molecule has 0 amide bonds. The fourth-order valence-electron chi connectivity index (χ4n) is 4.00. The van der Waals surface area contributed by atoms with Gasteiger partial charge in [0, 0.05) is 25.0 Å². The molecule has 0 aliphatic carbocycles. The number of piperidine rings is 1. The molecule has 4 nitrogen and oxygen atoms in total. The summed E-state index contributed by atoms with van der Waals surface area (Å²) in [5.74, 6) is -1.23. The monoisotopic (exact) mass is 306 g/mol. The van der Waals surface area contributed by atoms with Gasteiger partial charge in [0.1, 0.15) is 5.82 Å². The van der Waals surface area contributed by atoms with Gasteiger partial charge in [-0.05, 0) is 50.7 Å². The summed E-state index contributed by atoms with van der Waals surface area (Å²) in [7, 11) is 2.09. The topological polar surface area (TPSA) is 43.8 Å². The molecular weight excluding hydrogens is 283 g/mol. The van der Waals surface area contributed by atoms with E-state index in [0.29, 0.717) is 13.1 Å². The van der Waals surface area contributed by atoms with Crippen LogP contribution >= 0.6 is 0 Å². The summed E-state index contributed by atoms with van der Waals surface area (Å²) in [4.78, 5) is 16.2. The second-order valence-corrected chi connectivity index (χ2v) is 6.86. The van der Waals surface area contributed by atoms with E-state index in [1.165, 1.54) is 12.1 Å². The number of halogens is 1. The van der Waals surface area contributed by atoms with Gasteiger partial charge in [-0.15, -0.1) is 0 Å². The second-order valence-electron chi connectivity index (χ2n) is 6.86. The molecule has 0 unspecified atom stereocenters. The van der Waals surface area contributed by atoms with E-state index in [2.05, 4.69) is 16.8 Å². The predicted octanol–water partition coefficient (Wildman–Crippen LogP) is 2.05. The van der Waals surface area contributed by atoms with Crippen LogP contribution in [0.1, 0.15) is 18.4 Å². The molecule has 0 radical (unpaired) electrons. The summed E-state index contributed by atoms with van der Waals surface area (Å²) in [6.07, 6.45) is 1.86. The van der Waals surface area contributed by atoms with Crippen LogP contribution in [0.3, 0.4) is 0 Å². The Kier molecular flexibility index (Phi) is 4.19. The minimum atomic E-state index is -0.689. The van der Waals surface area contributed by atoms with E-state index in [1.54, 1.807) is 6.07 Å². The van der Waals surface area contributed by atoms with Crippen molar-refractivity contribution in [3.8, 4) is 0 Å². The van der Waals surface area contributed by atoms with Crippen LogP contribution in [0.25, 0.3) is 0 Å². The number of benzene rings is 1. The van der Waals surface area contributed by atoms with Gasteiger partial charge in [0.05, 0.1) is 5.92 Å². The number of likely N-dealkylation sites (tertiary alicyclic amines) is 2. The summed E-state index contributed by atoms with van der Waals surface area (Å²) in [6, 6.07) is 6.58. The van der Waals surface area contributed by atoms with E-state index in [-0.39, 0.29) is 17.2 Å². The maximum Gasteiger partial charge on any atom is 0.308 e. The maximum atomic E-state index is 13.3. The van der Waals surface area contributed by atoms with Crippen LogP contribution in [0, 0.1) is 17.2 Å². The van der Waals surface area contributed by atoms with E-state index < -0.39 is 5.97 Å². The molecule has 120 valence electrons. The third-order valence-corrected chi connectivity index (χ3v) is 5.29. The summed E-state index contributed by atoms with van der Waals surface area (Å²) in [5.41, 5.74) is 0.792. The Hall–Kier alpha value is -1.46. The molecule has 0 bridgehead atoms. The quantitative estimate of drug-likeness (QED) is 0.928. The number of nitrogens with zero attached hydrogens (tertiary/aromatic N) is 2. The molecule has 1 N–H and O–H groups in total. The minimum absolute atomic E-state index is 0.119. The van der Waals surface area contributed by atoms with Crippen molar-refractivity contribution in [2.24, 2.45) is 11.3 Å². The van der Waals surface area contributed by atoms with Crippen LogP contribution in [0.2, 0.25) is 0 Å². The zero-order chi connectivity index (χ0) is 15.7. The van der Waals surface area contributed by atoms with Crippen LogP contribution < -0.4 is 0 Å². The number of aliphatic carboxylic acids is 1. The van der Waals surface area contributed by atoms with Gasteiger partial charge in [-0.2, -0.15) is 0 Å². The third-order valence-electron chi connectivity index (χ3n) is 5.29. The maximum absolute atomic E-state index is 13.3. The Morgan fingerprint density at radius 3 is 2.77 bits per heavy atom. The van der Waals surface area contributed by atoms with Gasteiger partial charge in [0.15, 0.2) is 0 Å². The molecule has 2 aliphatic heterocycles. The van der Waals surface area contributed by atoms with Gasteiger partial charge in [-0.25, -0.2) is 4.39 Å². The normalized spacial score (nSPS) is 25.6. The van der Waals surface area contributed by atoms with Crippen molar-refractivity contribution in [2.75, 3.05) is 33.2 Å². The van der Waals surface area contributed by atoms with Gasteiger partial charge in [-0.1, -0.05) is 12.1 Å². The molecular formula is C17H23FN2O2. The molecule has 1 aromatic carbocycles. The highest BCUT2D eigenvalue weighted by molar-refractivity contribution is 5.72. The number of rotatable bonds is 3. The van der Waals surface area contributed by atoms with Crippen molar-refractivity contribution >= 4 is 5.97 Å². The fraction of sp³-hybridized carbons (Fsp3) is 0.588. The van der Waals surface area contributed by atoms with Crippen molar-refractivity contribution in [1.29, 1.82) is 0 Å². The SMILES string of the molecule is CN1CCC2(CC1)CN(Cc1cccc(F)c1)C[C@@H]2C(=O)O. The Balaban J connectivity index is 1.74. The lowest BCUT2D eigenvalue weighted by atomic mass is 9.71. The van der Waals surface area contributed by atoms with Gasteiger partial charge in [0.2, 0.25) is 0 Å². The average Bonchev–Trinajstić information content (AvgIpc) is 2.81. The lowest BCUT2D eigenvalue weighted by molar-refractivity contribution is -0.145. The molecule has 2 saturated heterocycles. The lowest BCUT2D eigenvalue weighted by Crippen LogP contribution is -2.44. The largest absolute Gasteiger partial charge is 0.481 e. The van der Waals surface area contributed by atoms with Crippen molar-refractivity contribution in [3.05, 3.63) is 35.6 Å². The molecule has 0 aromatic heterocycles. The van der Waals surface area contributed by atoms with E-state index in [4.69, 9.17) is 0 Å². The van der Waals surface area contributed by atoms with E-state index >= 15 is 0 Å². The zero-order valence-electron chi connectivity index (χ0n) is 13.0. The van der Waals surface area contributed by atoms with Crippen molar-refractivity contribution in [2.45, 2.75) is 19.4 Å². The molecule has 1 atom stereocenters. The summed E-state index contributed by atoms with van der Waals surface area (Å²) < 4.78 is 13.3. The molecule has 22 heavy (non-hydrogen) atoms. The molecule has 0 saturated carbocycles. The first-order valence-electron chi connectivity index (χ1n) is 7.87. The van der Waals surface area contributed by atoms with Crippen LogP contribution in [-0.2, 0) is 11.3 Å². The predicted molar refractivity (Wildman–Crippen MR) is 82.0 cm³/mol. The van der Waals surface area contributed by atoms with Crippen LogP contribution in [0.4, 0.5) is 4.39 Å². The molecule has 1 spiro atoms. The highest BCUT2D eigenvalue weighted by Crippen LogP contribution is 2.45. The highest BCUT2D eigenvalue weighted by Gasteiger charge is 2.50. The third kappa shape index (κ3) is 3.01. The van der Waals surface area contributed by atoms with Gasteiger partial charge in [0.25, 0.3) is 0 Å². The Morgan fingerprint density at radius 1 is 1.41 bits per heavy atom. The average molecular weight is 306 g/mol. The van der Waals surface area contributed by atoms with E-state index in [0.717, 1.165) is 38.0 Å². The van der Waals surface area contributed by atoms with E-state index in [9.17, 15) is 14.3 Å². The zero-order valence-corrected chi connectivity index (χ0v) is 13.0. The first-order valence-corrected chi connectivity index (χ1v) is 7.87. The Bertz CT molecular complexity index is 555. The molecule has 2 aliphatic rings. The number of carboxylic acids is 1. The molecule has 2 heterocycles. The summed E-state index contributed by atoms with van der Waals surface area (Å²) in [5, 5.41) is 9.62. The van der Waals surface area contributed by atoms with E-state index in [1.807, 2.05) is 6.07 Å². The summed E-state index contributed by atoms with van der Waals surface area (Å²) >= 11 is 0. The van der Waals surface area contributed by atoms with Crippen LogP contribution in [-0.4, -0.2) is 54.1 Å². The second kappa shape index (κ2) is 5.97. The standard InChI is InChI=1S/C17H23FN2O2/c1-19-7-5-17(6-8-19)12-20(11-15(17)16(21)22)10-13-3-2-4-14(18)9-13/h2-4,9,15H,5-8,10-12H2,1H3,(H,21,22)/t15-/m1/s1. The minimum Gasteiger partial charge on any atom is -0.481 e. The molecule has 2 fully saturated rings. The van der Waals surface area contributed by atoms with Crippen LogP contribution in [0.15, 0.2) is 24.3 Å². The number of carboxylic acid groups (broad SMARTS) is 1. The van der Waals surface area contributed by atoms with Gasteiger partial charge in [-0.3, -0.25) is 9.69 Å². The van der Waals surface area contributed by atoms with Gasteiger partial charge < -0.3 is 10.0 Å². The van der Waals surface area contributed by atoms with Gasteiger partial charge >= 0.3 is 5.97 Å². The molecule has 1 aromatic rings. The Morgan fingerprint density at radius 2 is 2.14 bits per heavy atom. The van der Waals surface area contributed by atoms with Crippen molar-refractivity contribution in [1.82, 2.24) is 9.80 Å². The highest BCUT2D eigenvalue weighted by atomic mass is 19.1. The first-order chi connectivity index (χ1) is 10.5. The number of carbonyl (C=O) groups is 1.